The molecular weight excluding hydrogens is 268 g/mol. The van der Waals surface area contributed by atoms with Gasteiger partial charge in [-0.1, -0.05) is 26.0 Å². The molecule has 0 radical (unpaired) electrons. The number of amides is 2. The molecule has 1 heterocycles. The second-order valence-electron chi connectivity index (χ2n) is 4.99. The van der Waals surface area contributed by atoms with Crippen molar-refractivity contribution in [3.63, 3.8) is 0 Å². The first-order valence-electron chi connectivity index (χ1n) is 6.78. The van der Waals surface area contributed by atoms with E-state index in [2.05, 4.69) is 24.5 Å². The zero-order valence-corrected chi connectivity index (χ0v) is 12.1. The zero-order valence-electron chi connectivity index (χ0n) is 12.1. The Morgan fingerprint density at radius 3 is 2.38 bits per heavy atom. The number of furan rings is 1. The Hall–Kier alpha value is -2.56. The Kier molecular flexibility index (Phi) is 4.77. The van der Waals surface area contributed by atoms with E-state index in [9.17, 15) is 9.59 Å². The first-order chi connectivity index (χ1) is 10.1. The molecule has 0 bridgehead atoms. The molecule has 1 aromatic heterocycles. The van der Waals surface area contributed by atoms with Crippen LogP contribution in [0.15, 0.2) is 47.1 Å². The van der Waals surface area contributed by atoms with E-state index in [-0.39, 0.29) is 6.54 Å². The van der Waals surface area contributed by atoms with Crippen molar-refractivity contribution in [1.82, 2.24) is 5.32 Å². The summed E-state index contributed by atoms with van der Waals surface area (Å²) >= 11 is 0. The largest absolute Gasteiger partial charge is 0.467 e. The maximum atomic E-state index is 11.7. The number of anilines is 1. The maximum Gasteiger partial charge on any atom is 0.313 e. The van der Waals surface area contributed by atoms with Crippen molar-refractivity contribution in [1.29, 1.82) is 0 Å². The summed E-state index contributed by atoms with van der Waals surface area (Å²) in [7, 11) is 0. The molecule has 2 amide bonds. The Bertz CT molecular complexity index is 601. The molecule has 0 fully saturated rings. The van der Waals surface area contributed by atoms with Crippen LogP contribution in [0, 0.1) is 0 Å². The second-order valence-corrected chi connectivity index (χ2v) is 4.99. The van der Waals surface area contributed by atoms with E-state index in [0.29, 0.717) is 17.4 Å². The molecule has 5 heteroatoms. The molecule has 0 spiro atoms. The van der Waals surface area contributed by atoms with Crippen molar-refractivity contribution in [2.75, 3.05) is 5.32 Å². The fourth-order valence-corrected chi connectivity index (χ4v) is 1.80. The van der Waals surface area contributed by atoms with Gasteiger partial charge in [0.2, 0.25) is 0 Å². The van der Waals surface area contributed by atoms with Crippen LogP contribution in [0.5, 0.6) is 0 Å². The van der Waals surface area contributed by atoms with Crippen LogP contribution in [-0.4, -0.2) is 11.8 Å². The van der Waals surface area contributed by atoms with Crippen molar-refractivity contribution >= 4 is 17.5 Å². The van der Waals surface area contributed by atoms with Crippen molar-refractivity contribution in [2.45, 2.75) is 26.3 Å². The van der Waals surface area contributed by atoms with E-state index in [1.807, 2.05) is 12.1 Å². The van der Waals surface area contributed by atoms with Gasteiger partial charge in [0.05, 0.1) is 12.8 Å². The summed E-state index contributed by atoms with van der Waals surface area (Å²) < 4.78 is 5.07. The molecule has 2 rings (SSSR count). The lowest BCUT2D eigenvalue weighted by molar-refractivity contribution is -0.136. The van der Waals surface area contributed by atoms with Crippen LogP contribution in [-0.2, 0) is 16.1 Å². The third-order valence-electron chi connectivity index (χ3n) is 3.04. The quantitative estimate of drug-likeness (QED) is 0.849. The van der Waals surface area contributed by atoms with Crippen molar-refractivity contribution in [3.05, 3.63) is 54.0 Å². The summed E-state index contributed by atoms with van der Waals surface area (Å²) in [5.41, 5.74) is 1.77. The highest BCUT2D eigenvalue weighted by molar-refractivity contribution is 6.39. The fourth-order valence-electron chi connectivity index (χ4n) is 1.80. The first kappa shape index (κ1) is 14.8. The smallest absolute Gasteiger partial charge is 0.313 e. The van der Waals surface area contributed by atoms with Crippen LogP contribution in [0.3, 0.4) is 0 Å². The third kappa shape index (κ3) is 4.21. The Morgan fingerprint density at radius 2 is 1.81 bits per heavy atom. The normalized spacial score (nSPS) is 10.4. The van der Waals surface area contributed by atoms with E-state index in [1.54, 1.807) is 24.3 Å². The van der Waals surface area contributed by atoms with Gasteiger partial charge in [0, 0.05) is 5.69 Å². The molecule has 110 valence electrons. The van der Waals surface area contributed by atoms with E-state index < -0.39 is 11.8 Å². The minimum Gasteiger partial charge on any atom is -0.467 e. The lowest BCUT2D eigenvalue weighted by Crippen LogP contribution is -2.34. The summed E-state index contributed by atoms with van der Waals surface area (Å²) in [5.74, 6) is -0.373. The number of carbonyl (C=O) groups excluding carboxylic acids is 2. The molecule has 0 saturated heterocycles. The number of hydrogen-bond acceptors (Lipinski definition) is 3. The summed E-state index contributed by atoms with van der Waals surface area (Å²) in [5, 5.41) is 5.05. The molecular formula is C16H18N2O3. The molecule has 0 aliphatic carbocycles. The second kappa shape index (κ2) is 6.74. The number of nitrogens with one attached hydrogen (secondary N) is 2. The van der Waals surface area contributed by atoms with Crippen molar-refractivity contribution in [2.24, 2.45) is 0 Å². The minimum absolute atomic E-state index is 0.186. The number of hydrogen-bond donors (Lipinski definition) is 2. The fraction of sp³-hybridized carbons (Fsp3) is 0.250. The van der Waals surface area contributed by atoms with Gasteiger partial charge >= 0.3 is 11.8 Å². The predicted octanol–water partition coefficient (Wildman–Crippen LogP) is 2.66. The average molecular weight is 286 g/mol. The number of carbonyl (C=O) groups is 2. The van der Waals surface area contributed by atoms with Gasteiger partial charge in [0.15, 0.2) is 0 Å². The molecule has 0 aliphatic rings. The molecule has 2 N–H and O–H groups in total. The summed E-state index contributed by atoms with van der Waals surface area (Å²) in [4.78, 5) is 23.4. The highest BCUT2D eigenvalue weighted by atomic mass is 16.3. The van der Waals surface area contributed by atoms with Crippen molar-refractivity contribution in [3.8, 4) is 0 Å². The zero-order chi connectivity index (χ0) is 15.2. The highest BCUT2D eigenvalue weighted by Crippen LogP contribution is 2.16. The number of rotatable bonds is 4. The number of benzene rings is 1. The molecule has 0 aliphatic heterocycles. The Balaban J connectivity index is 1.86. The molecule has 0 unspecified atom stereocenters. The van der Waals surface area contributed by atoms with Gasteiger partial charge in [-0.15, -0.1) is 0 Å². The van der Waals surface area contributed by atoms with Gasteiger partial charge in [0.1, 0.15) is 5.76 Å². The maximum absolute atomic E-state index is 11.7. The van der Waals surface area contributed by atoms with E-state index >= 15 is 0 Å². The van der Waals surface area contributed by atoms with Gasteiger partial charge in [-0.25, -0.2) is 0 Å². The molecule has 21 heavy (non-hydrogen) atoms. The summed E-state index contributed by atoms with van der Waals surface area (Å²) in [6.07, 6.45) is 1.51. The highest BCUT2D eigenvalue weighted by Gasteiger charge is 2.13. The molecule has 2 aromatic rings. The predicted molar refractivity (Wildman–Crippen MR) is 79.7 cm³/mol. The van der Waals surface area contributed by atoms with E-state index in [1.165, 1.54) is 11.8 Å². The van der Waals surface area contributed by atoms with Gasteiger partial charge in [-0.3, -0.25) is 9.59 Å². The van der Waals surface area contributed by atoms with E-state index in [4.69, 9.17) is 4.42 Å². The molecule has 0 saturated carbocycles. The lowest BCUT2D eigenvalue weighted by atomic mass is 10.0. The monoisotopic (exact) mass is 286 g/mol. The van der Waals surface area contributed by atoms with Crippen LogP contribution in [0.25, 0.3) is 0 Å². The van der Waals surface area contributed by atoms with Crippen LogP contribution in [0.1, 0.15) is 31.1 Å². The van der Waals surface area contributed by atoms with Crippen LogP contribution >= 0.6 is 0 Å². The molecule has 1 aromatic carbocycles. The summed E-state index contributed by atoms with van der Waals surface area (Å²) in [6, 6.07) is 10.9. The lowest BCUT2D eigenvalue weighted by Gasteiger charge is -2.08. The van der Waals surface area contributed by atoms with Gasteiger partial charge in [0.25, 0.3) is 0 Å². The summed E-state index contributed by atoms with van der Waals surface area (Å²) in [6.45, 7) is 4.37. The van der Waals surface area contributed by atoms with Crippen LogP contribution in [0.2, 0.25) is 0 Å². The Labute approximate surface area is 123 Å². The van der Waals surface area contributed by atoms with Crippen LogP contribution < -0.4 is 10.6 Å². The minimum atomic E-state index is -0.696. The van der Waals surface area contributed by atoms with Gasteiger partial charge < -0.3 is 15.1 Å². The SMILES string of the molecule is CC(C)c1ccc(NC(=O)C(=O)NCc2ccco2)cc1. The Morgan fingerprint density at radius 1 is 1.10 bits per heavy atom. The topological polar surface area (TPSA) is 71.3 Å². The van der Waals surface area contributed by atoms with E-state index in [0.717, 1.165) is 0 Å². The van der Waals surface area contributed by atoms with Crippen molar-refractivity contribution < 1.29 is 14.0 Å². The average Bonchev–Trinajstić information content (AvgIpc) is 2.98. The first-order valence-corrected chi connectivity index (χ1v) is 6.78. The molecule has 5 nitrogen and oxygen atoms in total. The molecule has 0 atom stereocenters. The van der Waals surface area contributed by atoms with Crippen LogP contribution in [0.4, 0.5) is 5.69 Å². The standard InChI is InChI=1S/C16H18N2O3/c1-11(2)12-5-7-13(8-6-12)18-16(20)15(19)17-10-14-4-3-9-21-14/h3-9,11H,10H2,1-2H3,(H,17,19)(H,18,20). The van der Waals surface area contributed by atoms with Gasteiger partial charge in [-0.2, -0.15) is 0 Å². The third-order valence-corrected chi connectivity index (χ3v) is 3.04. The van der Waals surface area contributed by atoms with Gasteiger partial charge in [-0.05, 0) is 35.7 Å².